The van der Waals surface area contributed by atoms with Gasteiger partial charge in [0, 0.05) is 11.3 Å². The normalized spacial score (nSPS) is 13.0. The molecule has 26 heavy (non-hydrogen) atoms. The number of alkyl halides is 3. The number of aryl methyl sites for hydroxylation is 1. The summed E-state index contributed by atoms with van der Waals surface area (Å²) in [6.07, 6.45) is -4.51. The van der Waals surface area contributed by atoms with Crippen LogP contribution in [0.2, 0.25) is 0 Å². The molecular weight excluding hydrogens is 349 g/mol. The predicted octanol–water partition coefficient (Wildman–Crippen LogP) is 3.44. The predicted molar refractivity (Wildman–Crippen MR) is 89.5 cm³/mol. The fourth-order valence-corrected chi connectivity index (χ4v) is 2.30. The molecule has 0 aliphatic carbocycles. The second-order valence-electron chi connectivity index (χ2n) is 6.69. The molecule has 0 aliphatic heterocycles. The Kier molecular flexibility index (Phi) is 5.11. The molecule has 2 rings (SSSR count). The summed E-state index contributed by atoms with van der Waals surface area (Å²) in [7, 11) is 0. The third kappa shape index (κ3) is 4.41. The molecule has 0 unspecified atom stereocenters. The van der Waals surface area contributed by atoms with E-state index in [4.69, 9.17) is 10.6 Å². The highest BCUT2D eigenvalue weighted by Gasteiger charge is 2.30. The highest BCUT2D eigenvalue weighted by molar-refractivity contribution is 5.98. The number of nitrogens with zero attached hydrogens (tertiary/aromatic N) is 3. The van der Waals surface area contributed by atoms with Crippen LogP contribution in [0.3, 0.4) is 0 Å². The minimum Gasteiger partial charge on any atom is -0.380 e. The summed E-state index contributed by atoms with van der Waals surface area (Å²) in [4.78, 5) is 16.8. The molecule has 0 radical (unpaired) electrons. The fraction of sp³-hybridized carbons (Fsp3) is 0.353. The molecule has 0 atom stereocenters. The van der Waals surface area contributed by atoms with Crippen molar-refractivity contribution in [2.24, 2.45) is 10.9 Å². The first-order valence-electron chi connectivity index (χ1n) is 7.69. The van der Waals surface area contributed by atoms with Gasteiger partial charge in [0.1, 0.15) is 0 Å². The summed E-state index contributed by atoms with van der Waals surface area (Å²) in [6, 6.07) is 5.79. The van der Waals surface area contributed by atoms with Crippen molar-refractivity contribution < 1.29 is 22.8 Å². The number of amidine groups is 1. The van der Waals surface area contributed by atoms with Crippen LogP contribution in [0.1, 0.15) is 48.1 Å². The standard InChI is InChI=1S/C17H19F3N4O2/c1-10-8-13(22-24(10)16(2,3)4)15(25)26-23-14(21)11-6-5-7-12(9-11)17(18,19)20/h5-9H,1-4H3,(H2,21,23). The zero-order valence-corrected chi connectivity index (χ0v) is 14.8. The van der Waals surface area contributed by atoms with E-state index in [9.17, 15) is 18.0 Å². The minimum absolute atomic E-state index is 0.0102. The number of halogens is 3. The van der Waals surface area contributed by atoms with Crippen LogP contribution in [0.25, 0.3) is 0 Å². The molecule has 1 aromatic heterocycles. The second kappa shape index (κ2) is 6.81. The van der Waals surface area contributed by atoms with E-state index in [-0.39, 0.29) is 22.6 Å². The van der Waals surface area contributed by atoms with Crippen molar-refractivity contribution in [2.45, 2.75) is 39.4 Å². The van der Waals surface area contributed by atoms with Crippen LogP contribution in [-0.4, -0.2) is 21.6 Å². The Hall–Kier alpha value is -2.84. The van der Waals surface area contributed by atoms with Crippen LogP contribution in [0.5, 0.6) is 0 Å². The van der Waals surface area contributed by atoms with E-state index in [1.165, 1.54) is 18.2 Å². The van der Waals surface area contributed by atoms with Crippen molar-refractivity contribution in [3.63, 3.8) is 0 Å². The summed E-state index contributed by atoms with van der Waals surface area (Å²) in [6.45, 7) is 7.55. The fourth-order valence-electron chi connectivity index (χ4n) is 2.30. The first-order chi connectivity index (χ1) is 11.9. The molecule has 0 aliphatic rings. The Morgan fingerprint density at radius 2 is 1.88 bits per heavy atom. The Morgan fingerprint density at radius 1 is 1.23 bits per heavy atom. The average Bonchev–Trinajstić information content (AvgIpc) is 2.94. The van der Waals surface area contributed by atoms with Gasteiger partial charge in [-0.3, -0.25) is 4.68 Å². The van der Waals surface area contributed by atoms with Gasteiger partial charge in [-0.2, -0.15) is 18.3 Å². The molecule has 1 heterocycles. The molecule has 1 aromatic carbocycles. The van der Waals surface area contributed by atoms with Crippen LogP contribution in [0.15, 0.2) is 35.5 Å². The molecule has 2 N–H and O–H groups in total. The van der Waals surface area contributed by atoms with Crippen molar-refractivity contribution in [1.82, 2.24) is 9.78 Å². The minimum atomic E-state index is -4.51. The molecule has 0 amide bonds. The number of hydrogen-bond acceptors (Lipinski definition) is 4. The van der Waals surface area contributed by atoms with Gasteiger partial charge >= 0.3 is 12.1 Å². The van der Waals surface area contributed by atoms with Crippen molar-refractivity contribution in [1.29, 1.82) is 0 Å². The van der Waals surface area contributed by atoms with Gasteiger partial charge in [-0.15, -0.1) is 0 Å². The van der Waals surface area contributed by atoms with Crippen molar-refractivity contribution in [3.8, 4) is 0 Å². The summed E-state index contributed by atoms with van der Waals surface area (Å²) in [5, 5.41) is 7.58. The Morgan fingerprint density at radius 3 is 2.42 bits per heavy atom. The maximum Gasteiger partial charge on any atom is 0.416 e. The van der Waals surface area contributed by atoms with E-state index in [1.807, 2.05) is 20.8 Å². The van der Waals surface area contributed by atoms with Gasteiger partial charge in [0.25, 0.3) is 0 Å². The molecule has 0 bridgehead atoms. The molecular formula is C17H19F3N4O2. The average molecular weight is 368 g/mol. The van der Waals surface area contributed by atoms with Crippen molar-refractivity contribution >= 4 is 11.8 Å². The quantitative estimate of drug-likeness (QED) is 0.389. The molecule has 0 saturated heterocycles. The summed E-state index contributed by atoms with van der Waals surface area (Å²) in [5.74, 6) is -1.21. The number of carbonyl (C=O) groups is 1. The molecule has 2 aromatic rings. The van der Waals surface area contributed by atoms with Gasteiger partial charge in [0.15, 0.2) is 11.5 Å². The van der Waals surface area contributed by atoms with Crippen molar-refractivity contribution in [3.05, 3.63) is 52.8 Å². The van der Waals surface area contributed by atoms with Crippen LogP contribution in [0, 0.1) is 6.92 Å². The molecule has 0 saturated carbocycles. The van der Waals surface area contributed by atoms with Gasteiger partial charge < -0.3 is 10.6 Å². The van der Waals surface area contributed by atoms with E-state index in [0.29, 0.717) is 0 Å². The van der Waals surface area contributed by atoms with E-state index in [0.717, 1.165) is 17.8 Å². The van der Waals surface area contributed by atoms with Crippen LogP contribution in [-0.2, 0) is 16.6 Å². The van der Waals surface area contributed by atoms with Crippen LogP contribution >= 0.6 is 0 Å². The maximum atomic E-state index is 12.7. The van der Waals surface area contributed by atoms with Gasteiger partial charge in [-0.05, 0) is 45.9 Å². The Bertz CT molecular complexity index is 848. The zero-order valence-electron chi connectivity index (χ0n) is 14.8. The number of carbonyl (C=O) groups excluding carboxylic acids is 1. The summed E-state index contributed by atoms with van der Waals surface area (Å²) < 4.78 is 39.8. The number of hydrogen-bond donors (Lipinski definition) is 1. The van der Waals surface area contributed by atoms with Crippen molar-refractivity contribution in [2.75, 3.05) is 0 Å². The third-order valence-electron chi connectivity index (χ3n) is 3.44. The lowest BCUT2D eigenvalue weighted by Gasteiger charge is -2.20. The monoisotopic (exact) mass is 368 g/mol. The molecule has 9 heteroatoms. The number of oxime groups is 1. The Balaban J connectivity index is 2.18. The van der Waals surface area contributed by atoms with E-state index in [1.54, 1.807) is 11.6 Å². The molecule has 140 valence electrons. The van der Waals surface area contributed by atoms with E-state index in [2.05, 4.69) is 10.3 Å². The number of benzene rings is 1. The van der Waals surface area contributed by atoms with E-state index >= 15 is 0 Å². The summed E-state index contributed by atoms with van der Waals surface area (Å²) >= 11 is 0. The summed E-state index contributed by atoms with van der Waals surface area (Å²) in [5.41, 5.74) is 5.18. The van der Waals surface area contributed by atoms with Gasteiger partial charge in [0.05, 0.1) is 11.1 Å². The SMILES string of the molecule is Cc1cc(C(=O)O/N=C(\N)c2cccc(C(F)(F)F)c2)nn1C(C)(C)C. The topological polar surface area (TPSA) is 82.5 Å². The maximum absolute atomic E-state index is 12.7. The molecule has 0 fully saturated rings. The number of aromatic nitrogens is 2. The van der Waals surface area contributed by atoms with Gasteiger partial charge in [-0.1, -0.05) is 17.3 Å². The van der Waals surface area contributed by atoms with Crippen LogP contribution in [0.4, 0.5) is 13.2 Å². The first kappa shape index (κ1) is 19.5. The third-order valence-corrected chi connectivity index (χ3v) is 3.44. The van der Waals surface area contributed by atoms with Crippen LogP contribution < -0.4 is 5.73 Å². The lowest BCUT2D eigenvalue weighted by Crippen LogP contribution is -2.24. The molecule has 6 nitrogen and oxygen atoms in total. The largest absolute Gasteiger partial charge is 0.416 e. The Labute approximate surface area is 148 Å². The molecule has 0 spiro atoms. The lowest BCUT2D eigenvalue weighted by molar-refractivity contribution is -0.137. The second-order valence-corrected chi connectivity index (χ2v) is 6.69. The first-order valence-corrected chi connectivity index (χ1v) is 7.69. The van der Waals surface area contributed by atoms with Gasteiger partial charge in [0.2, 0.25) is 0 Å². The van der Waals surface area contributed by atoms with E-state index < -0.39 is 17.7 Å². The zero-order chi connectivity index (χ0) is 19.7. The highest BCUT2D eigenvalue weighted by Crippen LogP contribution is 2.29. The lowest BCUT2D eigenvalue weighted by atomic mass is 10.1. The van der Waals surface area contributed by atoms with Gasteiger partial charge in [-0.25, -0.2) is 4.79 Å². The number of rotatable bonds is 3. The highest BCUT2D eigenvalue weighted by atomic mass is 19.4. The number of nitrogens with two attached hydrogens (primary N) is 1. The smallest absolute Gasteiger partial charge is 0.380 e.